The molecule has 2 aliphatic rings. The molecule has 1 saturated carbocycles. The van der Waals surface area contributed by atoms with Gasteiger partial charge in [0.25, 0.3) is 5.91 Å². The van der Waals surface area contributed by atoms with E-state index in [9.17, 15) is 4.79 Å². The molecule has 132 valence electrons. The van der Waals surface area contributed by atoms with E-state index in [1.807, 2.05) is 24.3 Å². The molecule has 5 nitrogen and oxygen atoms in total. The predicted octanol–water partition coefficient (Wildman–Crippen LogP) is 2.22. The molecule has 1 amide bonds. The lowest BCUT2D eigenvalue weighted by molar-refractivity contribution is 0.0512. The number of piperidine rings is 1. The van der Waals surface area contributed by atoms with E-state index in [0.29, 0.717) is 18.7 Å². The van der Waals surface area contributed by atoms with Crippen molar-refractivity contribution in [1.82, 2.24) is 10.6 Å². The molecule has 2 fully saturated rings. The predicted molar refractivity (Wildman–Crippen MR) is 93.4 cm³/mol. The first-order valence-electron chi connectivity index (χ1n) is 8.91. The van der Waals surface area contributed by atoms with E-state index < -0.39 is 0 Å². The number of rotatable bonds is 8. The van der Waals surface area contributed by atoms with E-state index in [1.165, 1.54) is 12.8 Å². The summed E-state index contributed by atoms with van der Waals surface area (Å²) in [6.07, 6.45) is 4.60. The van der Waals surface area contributed by atoms with Crippen molar-refractivity contribution in [3.05, 3.63) is 29.8 Å². The molecule has 0 atom stereocenters. The van der Waals surface area contributed by atoms with Crippen LogP contribution < -0.4 is 15.4 Å². The summed E-state index contributed by atoms with van der Waals surface area (Å²) in [6, 6.07) is 7.44. The summed E-state index contributed by atoms with van der Waals surface area (Å²) in [5, 5.41) is 6.45. The maximum atomic E-state index is 12.4. The lowest BCUT2D eigenvalue weighted by Gasteiger charge is -2.37. The minimum Gasteiger partial charge on any atom is -0.493 e. The van der Waals surface area contributed by atoms with Gasteiger partial charge in [-0.15, -0.1) is 0 Å². The number of benzene rings is 1. The molecule has 24 heavy (non-hydrogen) atoms. The molecule has 1 aliphatic heterocycles. The van der Waals surface area contributed by atoms with Crippen molar-refractivity contribution >= 4 is 5.91 Å². The second-order valence-corrected chi connectivity index (χ2v) is 7.14. The van der Waals surface area contributed by atoms with Crippen molar-refractivity contribution in [3.8, 4) is 5.75 Å². The van der Waals surface area contributed by atoms with Crippen molar-refractivity contribution in [3.63, 3.8) is 0 Å². The van der Waals surface area contributed by atoms with Gasteiger partial charge in [-0.3, -0.25) is 4.79 Å². The second-order valence-electron chi connectivity index (χ2n) is 7.14. The molecular weight excluding hydrogens is 304 g/mol. The van der Waals surface area contributed by atoms with Crippen LogP contribution in [-0.4, -0.2) is 45.9 Å². The van der Waals surface area contributed by atoms with E-state index in [0.717, 1.165) is 44.2 Å². The average Bonchev–Trinajstić information content (AvgIpc) is 3.44. The Morgan fingerprint density at radius 2 is 1.96 bits per heavy atom. The second kappa shape index (κ2) is 7.99. The average molecular weight is 332 g/mol. The molecule has 0 unspecified atom stereocenters. The highest BCUT2D eigenvalue weighted by Gasteiger charge is 2.32. The van der Waals surface area contributed by atoms with Gasteiger partial charge in [-0.25, -0.2) is 0 Å². The standard InChI is InChI=1S/C19H28N2O3/c1-23-14-19(8-10-20-11-9-19)13-21-18(22)16-4-6-17(7-5-16)24-12-15-2-3-15/h4-7,15,20H,2-3,8-14H2,1H3,(H,21,22). The number of carbonyl (C=O) groups excluding carboxylic acids is 1. The van der Waals surface area contributed by atoms with Crippen molar-refractivity contribution in [2.75, 3.05) is 40.0 Å². The maximum Gasteiger partial charge on any atom is 0.251 e. The first-order chi connectivity index (χ1) is 11.7. The third-order valence-corrected chi connectivity index (χ3v) is 5.04. The lowest BCUT2D eigenvalue weighted by Crippen LogP contribution is -2.47. The molecule has 1 aromatic rings. The highest BCUT2D eigenvalue weighted by molar-refractivity contribution is 5.94. The van der Waals surface area contributed by atoms with E-state index >= 15 is 0 Å². The molecule has 1 saturated heterocycles. The van der Waals surface area contributed by atoms with Gasteiger partial charge in [-0.2, -0.15) is 0 Å². The minimum absolute atomic E-state index is 0.0299. The van der Waals surface area contributed by atoms with Gasteiger partial charge < -0.3 is 20.1 Å². The molecule has 5 heteroatoms. The summed E-state index contributed by atoms with van der Waals surface area (Å²) < 4.78 is 11.1. The highest BCUT2D eigenvalue weighted by Crippen LogP contribution is 2.30. The van der Waals surface area contributed by atoms with Gasteiger partial charge in [-0.1, -0.05) is 0 Å². The zero-order valence-corrected chi connectivity index (χ0v) is 14.5. The summed E-state index contributed by atoms with van der Waals surface area (Å²) in [6.45, 7) is 4.09. The first kappa shape index (κ1) is 17.2. The van der Waals surface area contributed by atoms with Crippen molar-refractivity contribution < 1.29 is 14.3 Å². The zero-order chi connectivity index (χ0) is 16.8. The van der Waals surface area contributed by atoms with Gasteiger partial charge in [0.05, 0.1) is 13.2 Å². The van der Waals surface area contributed by atoms with E-state index in [4.69, 9.17) is 9.47 Å². The van der Waals surface area contributed by atoms with Crippen LogP contribution in [0.25, 0.3) is 0 Å². The van der Waals surface area contributed by atoms with Gasteiger partial charge in [0.1, 0.15) is 5.75 Å². The summed E-state index contributed by atoms with van der Waals surface area (Å²) in [7, 11) is 1.73. The SMILES string of the molecule is COCC1(CNC(=O)c2ccc(OCC3CC3)cc2)CCNCC1. The first-order valence-corrected chi connectivity index (χ1v) is 8.91. The number of hydrogen-bond acceptors (Lipinski definition) is 4. The molecule has 1 aliphatic carbocycles. The summed E-state index contributed by atoms with van der Waals surface area (Å²) in [4.78, 5) is 12.4. The van der Waals surface area contributed by atoms with Crippen LogP contribution in [0, 0.1) is 11.3 Å². The summed E-state index contributed by atoms with van der Waals surface area (Å²) in [5.74, 6) is 1.54. The van der Waals surface area contributed by atoms with Gasteiger partial charge >= 0.3 is 0 Å². The van der Waals surface area contributed by atoms with Crippen LogP contribution in [0.4, 0.5) is 0 Å². The number of methoxy groups -OCH3 is 1. The maximum absolute atomic E-state index is 12.4. The van der Waals surface area contributed by atoms with Crippen LogP contribution >= 0.6 is 0 Å². The summed E-state index contributed by atoms with van der Waals surface area (Å²) in [5.41, 5.74) is 0.721. The van der Waals surface area contributed by atoms with Crippen LogP contribution in [0.3, 0.4) is 0 Å². The quantitative estimate of drug-likeness (QED) is 0.766. The smallest absolute Gasteiger partial charge is 0.251 e. The Labute approximate surface area is 144 Å². The number of hydrogen-bond donors (Lipinski definition) is 2. The fraction of sp³-hybridized carbons (Fsp3) is 0.632. The van der Waals surface area contributed by atoms with Crippen LogP contribution in [0.5, 0.6) is 5.75 Å². The van der Waals surface area contributed by atoms with E-state index in [1.54, 1.807) is 7.11 Å². The molecular formula is C19H28N2O3. The van der Waals surface area contributed by atoms with Gasteiger partial charge in [0.2, 0.25) is 0 Å². The van der Waals surface area contributed by atoms with Crippen LogP contribution in [0.2, 0.25) is 0 Å². The third-order valence-electron chi connectivity index (χ3n) is 5.04. The molecule has 0 spiro atoms. The fourth-order valence-corrected chi connectivity index (χ4v) is 3.21. The van der Waals surface area contributed by atoms with Crippen molar-refractivity contribution in [1.29, 1.82) is 0 Å². The third kappa shape index (κ3) is 4.71. The topological polar surface area (TPSA) is 59.6 Å². The molecule has 1 heterocycles. The van der Waals surface area contributed by atoms with Crippen LogP contribution in [0.1, 0.15) is 36.0 Å². The Morgan fingerprint density at radius 1 is 1.25 bits per heavy atom. The Morgan fingerprint density at radius 3 is 2.58 bits per heavy atom. The number of nitrogens with one attached hydrogen (secondary N) is 2. The lowest BCUT2D eigenvalue weighted by atomic mass is 9.79. The molecule has 2 N–H and O–H groups in total. The molecule has 3 rings (SSSR count). The van der Waals surface area contributed by atoms with Crippen molar-refractivity contribution in [2.45, 2.75) is 25.7 Å². The number of ether oxygens (including phenoxy) is 2. The van der Waals surface area contributed by atoms with Crippen LogP contribution in [-0.2, 0) is 4.74 Å². The number of carbonyl (C=O) groups is 1. The van der Waals surface area contributed by atoms with Crippen molar-refractivity contribution in [2.24, 2.45) is 11.3 Å². The zero-order valence-electron chi connectivity index (χ0n) is 14.5. The Hall–Kier alpha value is -1.59. The van der Waals surface area contributed by atoms with Gasteiger partial charge in [0, 0.05) is 24.6 Å². The Balaban J connectivity index is 1.51. The Bertz CT molecular complexity index is 529. The molecule has 0 radical (unpaired) electrons. The normalized spacial score (nSPS) is 19.7. The monoisotopic (exact) mass is 332 g/mol. The molecule has 0 aromatic heterocycles. The minimum atomic E-state index is -0.0299. The molecule has 1 aromatic carbocycles. The van der Waals surface area contributed by atoms with Gasteiger partial charge in [0.15, 0.2) is 0 Å². The largest absolute Gasteiger partial charge is 0.493 e. The Kier molecular flexibility index (Phi) is 5.74. The molecule has 0 bridgehead atoms. The number of amides is 1. The van der Waals surface area contributed by atoms with Gasteiger partial charge in [-0.05, 0) is 69.0 Å². The fourth-order valence-electron chi connectivity index (χ4n) is 3.21. The highest BCUT2D eigenvalue weighted by atomic mass is 16.5. The van der Waals surface area contributed by atoms with E-state index in [-0.39, 0.29) is 11.3 Å². The summed E-state index contributed by atoms with van der Waals surface area (Å²) >= 11 is 0. The van der Waals surface area contributed by atoms with E-state index in [2.05, 4.69) is 10.6 Å². The van der Waals surface area contributed by atoms with Crippen LogP contribution in [0.15, 0.2) is 24.3 Å².